The summed E-state index contributed by atoms with van der Waals surface area (Å²) in [6.45, 7) is 0.259. The molecule has 2 nitrogen and oxygen atoms in total. The first-order chi connectivity index (χ1) is 7.72. The zero-order valence-corrected chi connectivity index (χ0v) is 10.3. The smallest absolute Gasteiger partial charge is 0.129 e. The lowest BCUT2D eigenvalue weighted by molar-refractivity contribution is 0.608. The SMILES string of the molecule is CN(c1ccc(CN)c(F)c1)C1CCSC1. The minimum absolute atomic E-state index is 0.197. The Morgan fingerprint density at radius 3 is 2.94 bits per heavy atom. The van der Waals surface area contributed by atoms with Crippen LogP contribution in [0.15, 0.2) is 18.2 Å². The Kier molecular flexibility index (Phi) is 3.71. The highest BCUT2D eigenvalue weighted by molar-refractivity contribution is 7.99. The molecule has 1 aliphatic rings. The second kappa shape index (κ2) is 5.06. The molecule has 16 heavy (non-hydrogen) atoms. The van der Waals surface area contributed by atoms with Gasteiger partial charge in [-0.15, -0.1) is 0 Å². The molecule has 0 radical (unpaired) electrons. The Hall–Kier alpha value is -0.740. The molecule has 0 aliphatic carbocycles. The molecule has 2 N–H and O–H groups in total. The van der Waals surface area contributed by atoms with Gasteiger partial charge in [-0.05, 0) is 24.3 Å². The molecular weight excluding hydrogens is 223 g/mol. The third-order valence-electron chi connectivity index (χ3n) is 3.12. The average Bonchev–Trinajstić information content (AvgIpc) is 2.81. The number of hydrogen-bond donors (Lipinski definition) is 1. The average molecular weight is 240 g/mol. The van der Waals surface area contributed by atoms with Crippen molar-refractivity contribution in [1.29, 1.82) is 0 Å². The topological polar surface area (TPSA) is 29.3 Å². The van der Waals surface area contributed by atoms with Gasteiger partial charge in [-0.1, -0.05) is 6.07 Å². The zero-order chi connectivity index (χ0) is 11.5. The van der Waals surface area contributed by atoms with Gasteiger partial charge in [0.25, 0.3) is 0 Å². The molecule has 0 bridgehead atoms. The van der Waals surface area contributed by atoms with E-state index in [4.69, 9.17) is 5.73 Å². The Bertz CT molecular complexity index is 364. The van der Waals surface area contributed by atoms with E-state index in [1.165, 1.54) is 12.2 Å². The first kappa shape index (κ1) is 11.7. The van der Waals surface area contributed by atoms with Gasteiger partial charge < -0.3 is 10.6 Å². The molecule has 0 amide bonds. The summed E-state index contributed by atoms with van der Waals surface area (Å²) in [4.78, 5) is 2.17. The minimum Gasteiger partial charge on any atom is -0.371 e. The highest BCUT2D eigenvalue weighted by atomic mass is 32.2. The molecule has 1 fully saturated rings. The highest BCUT2D eigenvalue weighted by Crippen LogP contribution is 2.26. The lowest BCUT2D eigenvalue weighted by atomic mass is 10.1. The first-order valence-electron chi connectivity index (χ1n) is 5.51. The molecule has 0 aromatic heterocycles. The standard InChI is InChI=1S/C12H17FN2S/c1-15(11-4-5-16-8-11)10-3-2-9(7-14)12(13)6-10/h2-3,6,11H,4-5,7-8,14H2,1H3. The van der Waals surface area contributed by atoms with Crippen molar-refractivity contribution in [3.05, 3.63) is 29.6 Å². The number of anilines is 1. The van der Waals surface area contributed by atoms with Gasteiger partial charge in [0.15, 0.2) is 0 Å². The number of benzene rings is 1. The Morgan fingerprint density at radius 2 is 2.38 bits per heavy atom. The van der Waals surface area contributed by atoms with Gasteiger partial charge in [-0.25, -0.2) is 4.39 Å². The van der Waals surface area contributed by atoms with Crippen LogP contribution in [0.25, 0.3) is 0 Å². The van der Waals surface area contributed by atoms with E-state index in [1.54, 1.807) is 12.1 Å². The summed E-state index contributed by atoms with van der Waals surface area (Å²) in [6.07, 6.45) is 1.18. The molecule has 1 atom stereocenters. The quantitative estimate of drug-likeness (QED) is 0.878. The summed E-state index contributed by atoms with van der Waals surface area (Å²) >= 11 is 1.96. The van der Waals surface area contributed by atoms with Crippen LogP contribution in [0.2, 0.25) is 0 Å². The minimum atomic E-state index is -0.197. The fourth-order valence-corrected chi connectivity index (χ4v) is 3.23. The van der Waals surface area contributed by atoms with Crippen molar-refractivity contribution in [3.8, 4) is 0 Å². The van der Waals surface area contributed by atoms with Crippen molar-refractivity contribution >= 4 is 17.4 Å². The van der Waals surface area contributed by atoms with Crippen molar-refractivity contribution in [2.75, 3.05) is 23.5 Å². The second-order valence-electron chi connectivity index (χ2n) is 4.11. The Balaban J connectivity index is 2.16. The van der Waals surface area contributed by atoms with Crippen LogP contribution in [-0.4, -0.2) is 24.6 Å². The molecule has 4 heteroatoms. The first-order valence-corrected chi connectivity index (χ1v) is 6.67. The number of nitrogens with zero attached hydrogens (tertiary/aromatic N) is 1. The number of thioether (sulfide) groups is 1. The van der Waals surface area contributed by atoms with E-state index in [-0.39, 0.29) is 12.4 Å². The van der Waals surface area contributed by atoms with Gasteiger partial charge in [0.2, 0.25) is 0 Å². The van der Waals surface area contributed by atoms with E-state index >= 15 is 0 Å². The van der Waals surface area contributed by atoms with Gasteiger partial charge in [0.1, 0.15) is 5.82 Å². The van der Waals surface area contributed by atoms with Crippen LogP contribution < -0.4 is 10.6 Å². The monoisotopic (exact) mass is 240 g/mol. The normalized spacial score (nSPS) is 20.1. The van der Waals surface area contributed by atoms with E-state index in [0.717, 1.165) is 11.4 Å². The van der Waals surface area contributed by atoms with Gasteiger partial charge in [-0.2, -0.15) is 11.8 Å². The van der Waals surface area contributed by atoms with Crippen molar-refractivity contribution in [2.24, 2.45) is 5.73 Å². The van der Waals surface area contributed by atoms with E-state index < -0.39 is 0 Å². The molecule has 1 saturated heterocycles. The van der Waals surface area contributed by atoms with Crippen LogP contribution >= 0.6 is 11.8 Å². The van der Waals surface area contributed by atoms with Crippen molar-refractivity contribution in [1.82, 2.24) is 0 Å². The maximum Gasteiger partial charge on any atom is 0.129 e. The summed E-state index contributed by atoms with van der Waals surface area (Å²) in [5, 5.41) is 0. The lowest BCUT2D eigenvalue weighted by Crippen LogP contribution is -2.31. The van der Waals surface area contributed by atoms with Gasteiger partial charge in [-0.3, -0.25) is 0 Å². The molecule has 2 rings (SSSR count). The molecule has 1 aromatic rings. The van der Waals surface area contributed by atoms with Crippen LogP contribution in [0, 0.1) is 5.82 Å². The van der Waals surface area contributed by atoms with Crippen molar-refractivity contribution in [3.63, 3.8) is 0 Å². The van der Waals surface area contributed by atoms with Crippen LogP contribution in [0.1, 0.15) is 12.0 Å². The van der Waals surface area contributed by atoms with E-state index in [9.17, 15) is 4.39 Å². The molecule has 1 aromatic carbocycles. The van der Waals surface area contributed by atoms with Gasteiger partial charge in [0.05, 0.1) is 0 Å². The van der Waals surface area contributed by atoms with E-state index in [2.05, 4.69) is 4.90 Å². The summed E-state index contributed by atoms with van der Waals surface area (Å²) < 4.78 is 13.6. The fraction of sp³-hybridized carbons (Fsp3) is 0.500. The zero-order valence-electron chi connectivity index (χ0n) is 9.45. The third-order valence-corrected chi connectivity index (χ3v) is 4.26. The van der Waals surface area contributed by atoms with E-state index in [1.807, 2.05) is 24.9 Å². The summed E-state index contributed by atoms with van der Waals surface area (Å²) in [7, 11) is 2.04. The second-order valence-corrected chi connectivity index (χ2v) is 5.26. The summed E-state index contributed by atoms with van der Waals surface area (Å²) in [5.41, 5.74) is 6.97. The molecule has 0 saturated carbocycles. The van der Waals surface area contributed by atoms with Crippen LogP contribution in [0.5, 0.6) is 0 Å². The summed E-state index contributed by atoms with van der Waals surface area (Å²) in [5.74, 6) is 2.15. The fourth-order valence-electron chi connectivity index (χ4n) is 1.96. The predicted molar refractivity (Wildman–Crippen MR) is 68.4 cm³/mol. The molecule has 1 heterocycles. The van der Waals surface area contributed by atoms with Crippen LogP contribution in [0.3, 0.4) is 0 Å². The Labute approximate surface area is 100 Å². The predicted octanol–water partition coefficient (Wildman–Crippen LogP) is 2.23. The molecule has 1 unspecified atom stereocenters. The molecule has 0 spiro atoms. The van der Waals surface area contributed by atoms with Crippen LogP contribution in [0.4, 0.5) is 10.1 Å². The highest BCUT2D eigenvalue weighted by Gasteiger charge is 2.20. The third kappa shape index (κ3) is 2.33. The molecule has 88 valence electrons. The maximum absolute atomic E-state index is 13.6. The van der Waals surface area contributed by atoms with Gasteiger partial charge in [0, 0.05) is 36.6 Å². The molecule has 1 aliphatic heterocycles. The summed E-state index contributed by atoms with van der Waals surface area (Å²) in [6, 6.07) is 5.86. The van der Waals surface area contributed by atoms with Gasteiger partial charge >= 0.3 is 0 Å². The van der Waals surface area contributed by atoms with Crippen molar-refractivity contribution in [2.45, 2.75) is 19.0 Å². The number of nitrogens with two attached hydrogens (primary N) is 1. The van der Waals surface area contributed by atoms with E-state index in [0.29, 0.717) is 11.6 Å². The van der Waals surface area contributed by atoms with Crippen LogP contribution in [-0.2, 0) is 6.54 Å². The number of rotatable bonds is 3. The molecular formula is C12H17FN2S. The van der Waals surface area contributed by atoms with Crippen molar-refractivity contribution < 1.29 is 4.39 Å². The lowest BCUT2D eigenvalue weighted by Gasteiger charge is -2.26. The largest absolute Gasteiger partial charge is 0.371 e. The number of hydrogen-bond acceptors (Lipinski definition) is 3. The Morgan fingerprint density at radius 1 is 1.56 bits per heavy atom. The number of halogens is 1. The maximum atomic E-state index is 13.6.